The third kappa shape index (κ3) is 3.75. The lowest BCUT2D eigenvalue weighted by molar-refractivity contribution is -0.00177. The van der Waals surface area contributed by atoms with Gasteiger partial charge in [-0.25, -0.2) is 4.39 Å². The summed E-state index contributed by atoms with van der Waals surface area (Å²) in [5, 5.41) is 3.22. The number of halogens is 1. The second-order valence-corrected chi connectivity index (χ2v) is 5.11. The van der Waals surface area contributed by atoms with Crippen molar-refractivity contribution in [2.75, 3.05) is 33.4 Å². The Morgan fingerprint density at radius 3 is 2.95 bits per heavy atom. The monoisotopic (exact) mass is 266 g/mol. The molecule has 19 heavy (non-hydrogen) atoms. The van der Waals surface area contributed by atoms with Crippen molar-refractivity contribution in [2.24, 2.45) is 0 Å². The molecule has 0 radical (unpaired) electrons. The summed E-state index contributed by atoms with van der Waals surface area (Å²) in [7, 11) is 1.89. The van der Waals surface area contributed by atoms with Gasteiger partial charge in [0, 0.05) is 30.7 Å². The van der Waals surface area contributed by atoms with Gasteiger partial charge in [0.1, 0.15) is 5.82 Å². The van der Waals surface area contributed by atoms with Crippen LogP contribution >= 0.6 is 0 Å². The first kappa shape index (κ1) is 14.4. The predicted octanol–water partition coefficient (Wildman–Crippen LogP) is 2.20. The molecule has 0 aliphatic carbocycles. The molecule has 1 aromatic carbocycles. The molecule has 1 aliphatic heterocycles. The van der Waals surface area contributed by atoms with E-state index in [4.69, 9.17) is 4.74 Å². The highest BCUT2D eigenvalue weighted by Crippen LogP contribution is 2.20. The predicted molar refractivity (Wildman–Crippen MR) is 74.7 cm³/mol. The molecule has 2 rings (SSSR count). The van der Waals surface area contributed by atoms with Gasteiger partial charge in [-0.15, -0.1) is 0 Å². The minimum atomic E-state index is -0.128. The zero-order chi connectivity index (χ0) is 13.7. The fourth-order valence-corrected chi connectivity index (χ4v) is 2.60. The lowest BCUT2D eigenvalue weighted by Crippen LogP contribution is -2.44. The molecule has 1 aliphatic rings. The van der Waals surface area contributed by atoms with Crippen LogP contribution in [0.2, 0.25) is 0 Å². The SMILES string of the molecule is CNC(CCN1CCOCC1C)c1ccccc1F. The van der Waals surface area contributed by atoms with E-state index in [2.05, 4.69) is 17.1 Å². The van der Waals surface area contributed by atoms with Crippen LogP contribution in [-0.4, -0.2) is 44.3 Å². The first-order valence-corrected chi connectivity index (χ1v) is 6.96. The smallest absolute Gasteiger partial charge is 0.127 e. The van der Waals surface area contributed by atoms with E-state index in [1.807, 2.05) is 19.2 Å². The molecule has 0 spiro atoms. The van der Waals surface area contributed by atoms with E-state index in [1.165, 1.54) is 6.07 Å². The molecule has 0 bridgehead atoms. The number of hydrogen-bond acceptors (Lipinski definition) is 3. The normalized spacial score (nSPS) is 22.4. The van der Waals surface area contributed by atoms with Crippen LogP contribution < -0.4 is 5.32 Å². The van der Waals surface area contributed by atoms with E-state index >= 15 is 0 Å². The highest BCUT2D eigenvalue weighted by Gasteiger charge is 2.20. The third-order valence-electron chi connectivity index (χ3n) is 3.84. The van der Waals surface area contributed by atoms with Gasteiger partial charge in [-0.3, -0.25) is 4.90 Å². The largest absolute Gasteiger partial charge is 0.379 e. The van der Waals surface area contributed by atoms with Gasteiger partial charge in [0.25, 0.3) is 0 Å². The Labute approximate surface area is 114 Å². The van der Waals surface area contributed by atoms with Gasteiger partial charge in [0.2, 0.25) is 0 Å². The minimum absolute atomic E-state index is 0.0660. The molecule has 0 amide bonds. The number of ether oxygens (including phenoxy) is 1. The van der Waals surface area contributed by atoms with Gasteiger partial charge in [-0.05, 0) is 26.5 Å². The first-order valence-electron chi connectivity index (χ1n) is 6.96. The number of hydrogen-bond donors (Lipinski definition) is 1. The van der Waals surface area contributed by atoms with E-state index in [0.29, 0.717) is 6.04 Å². The summed E-state index contributed by atoms with van der Waals surface area (Å²) in [5.41, 5.74) is 0.755. The number of morpholine rings is 1. The summed E-state index contributed by atoms with van der Waals surface area (Å²) < 4.78 is 19.2. The summed E-state index contributed by atoms with van der Waals surface area (Å²) in [6, 6.07) is 7.52. The lowest BCUT2D eigenvalue weighted by Gasteiger charge is -2.34. The van der Waals surface area contributed by atoms with Gasteiger partial charge in [0.05, 0.1) is 13.2 Å². The van der Waals surface area contributed by atoms with Crippen LogP contribution in [0.15, 0.2) is 24.3 Å². The molecule has 2 unspecified atom stereocenters. The Bertz CT molecular complexity index is 399. The van der Waals surface area contributed by atoms with E-state index in [-0.39, 0.29) is 11.9 Å². The fraction of sp³-hybridized carbons (Fsp3) is 0.600. The molecule has 2 atom stereocenters. The topological polar surface area (TPSA) is 24.5 Å². The van der Waals surface area contributed by atoms with Crippen molar-refractivity contribution < 1.29 is 9.13 Å². The standard InChI is InChI=1S/C15H23FN2O/c1-12-11-19-10-9-18(12)8-7-15(17-2)13-5-3-4-6-14(13)16/h3-6,12,15,17H,7-11H2,1-2H3. The van der Waals surface area contributed by atoms with Crippen LogP contribution in [0.25, 0.3) is 0 Å². The van der Waals surface area contributed by atoms with E-state index < -0.39 is 0 Å². The van der Waals surface area contributed by atoms with Gasteiger partial charge in [-0.2, -0.15) is 0 Å². The summed E-state index contributed by atoms with van der Waals surface area (Å²) in [5.74, 6) is -0.128. The zero-order valence-corrected chi connectivity index (χ0v) is 11.7. The molecule has 1 saturated heterocycles. The fourth-order valence-electron chi connectivity index (χ4n) is 2.60. The number of nitrogens with zero attached hydrogens (tertiary/aromatic N) is 1. The van der Waals surface area contributed by atoms with Crippen molar-refractivity contribution in [1.29, 1.82) is 0 Å². The second kappa shape index (κ2) is 6.98. The Balaban J connectivity index is 1.94. The second-order valence-electron chi connectivity index (χ2n) is 5.11. The van der Waals surface area contributed by atoms with Crippen molar-refractivity contribution in [2.45, 2.75) is 25.4 Å². The molecule has 1 fully saturated rings. The molecule has 1 N–H and O–H groups in total. The van der Waals surface area contributed by atoms with Crippen molar-refractivity contribution in [3.63, 3.8) is 0 Å². The maximum Gasteiger partial charge on any atom is 0.127 e. The summed E-state index contributed by atoms with van der Waals surface area (Å²) in [4.78, 5) is 2.41. The molecule has 106 valence electrons. The Morgan fingerprint density at radius 2 is 2.26 bits per heavy atom. The Morgan fingerprint density at radius 1 is 1.47 bits per heavy atom. The maximum atomic E-state index is 13.8. The molecule has 4 heteroatoms. The van der Waals surface area contributed by atoms with E-state index in [1.54, 1.807) is 6.07 Å². The van der Waals surface area contributed by atoms with Crippen molar-refractivity contribution in [3.05, 3.63) is 35.6 Å². The molecule has 0 saturated carbocycles. The average Bonchev–Trinajstić information content (AvgIpc) is 2.43. The Kier molecular flexibility index (Phi) is 5.31. The van der Waals surface area contributed by atoms with E-state index in [0.717, 1.165) is 38.3 Å². The number of benzene rings is 1. The maximum absolute atomic E-state index is 13.8. The summed E-state index contributed by atoms with van der Waals surface area (Å²) in [6.45, 7) is 5.70. The molecule has 1 heterocycles. The van der Waals surface area contributed by atoms with E-state index in [9.17, 15) is 4.39 Å². The van der Waals surface area contributed by atoms with Crippen LogP contribution in [0.1, 0.15) is 24.9 Å². The van der Waals surface area contributed by atoms with Crippen molar-refractivity contribution in [3.8, 4) is 0 Å². The van der Waals surface area contributed by atoms with Gasteiger partial charge in [-0.1, -0.05) is 18.2 Å². The number of rotatable bonds is 5. The number of nitrogens with one attached hydrogen (secondary N) is 1. The van der Waals surface area contributed by atoms with Crippen molar-refractivity contribution in [1.82, 2.24) is 10.2 Å². The molecule has 3 nitrogen and oxygen atoms in total. The molecular formula is C15H23FN2O. The first-order chi connectivity index (χ1) is 9.22. The quantitative estimate of drug-likeness (QED) is 0.884. The molecular weight excluding hydrogens is 243 g/mol. The third-order valence-corrected chi connectivity index (χ3v) is 3.84. The lowest BCUT2D eigenvalue weighted by atomic mass is 10.0. The highest BCUT2D eigenvalue weighted by atomic mass is 19.1. The van der Waals surface area contributed by atoms with Crippen LogP contribution in [0.4, 0.5) is 4.39 Å². The Hall–Kier alpha value is -0.970. The van der Waals surface area contributed by atoms with Crippen LogP contribution in [0.3, 0.4) is 0 Å². The minimum Gasteiger partial charge on any atom is -0.379 e. The summed E-state index contributed by atoms with van der Waals surface area (Å²) in [6.07, 6.45) is 0.905. The summed E-state index contributed by atoms with van der Waals surface area (Å²) >= 11 is 0. The highest BCUT2D eigenvalue weighted by molar-refractivity contribution is 5.21. The zero-order valence-electron chi connectivity index (χ0n) is 11.7. The van der Waals surface area contributed by atoms with Gasteiger partial charge < -0.3 is 10.1 Å². The van der Waals surface area contributed by atoms with Gasteiger partial charge in [0.15, 0.2) is 0 Å². The van der Waals surface area contributed by atoms with Gasteiger partial charge >= 0.3 is 0 Å². The molecule has 1 aromatic rings. The van der Waals surface area contributed by atoms with Crippen LogP contribution in [0, 0.1) is 5.82 Å². The van der Waals surface area contributed by atoms with Crippen LogP contribution in [0.5, 0.6) is 0 Å². The average molecular weight is 266 g/mol. The van der Waals surface area contributed by atoms with Crippen molar-refractivity contribution >= 4 is 0 Å². The molecule has 0 aromatic heterocycles. The van der Waals surface area contributed by atoms with Crippen LogP contribution in [-0.2, 0) is 4.74 Å².